The number of likely N-dealkylation sites (N-methyl/N-ethyl adjacent to an activating group) is 1. The molecule has 0 radical (unpaired) electrons. The zero-order valence-electron chi connectivity index (χ0n) is 7.01. The van der Waals surface area contributed by atoms with Gasteiger partial charge in [0.25, 0.3) is 5.91 Å². The summed E-state index contributed by atoms with van der Waals surface area (Å²) in [6.07, 6.45) is -0.449. The summed E-state index contributed by atoms with van der Waals surface area (Å²) >= 11 is 0. The monoisotopic (exact) mass is 159 g/mol. The maximum absolute atomic E-state index is 11.0. The largest absolute Gasteiger partial charge is 0.357 e. The molecule has 1 N–H and O–H groups in total. The van der Waals surface area contributed by atoms with Gasteiger partial charge in [0, 0.05) is 7.05 Å². The number of ether oxygens (including phenoxy) is 2. The number of carbonyl (C=O) groups excluding carboxylic acids is 1. The van der Waals surface area contributed by atoms with Crippen molar-refractivity contribution in [3.8, 4) is 0 Å². The third-order valence-corrected chi connectivity index (χ3v) is 1.55. The molecule has 0 saturated carbocycles. The zero-order chi connectivity index (χ0) is 8.48. The summed E-state index contributed by atoms with van der Waals surface area (Å²) in [4.78, 5) is 11.0. The van der Waals surface area contributed by atoms with E-state index in [1.165, 1.54) is 0 Å². The molecule has 1 unspecified atom stereocenters. The SMILES string of the molecule is CNC(=O)C1COC(C)(C)O1. The van der Waals surface area contributed by atoms with E-state index in [1.807, 2.05) is 0 Å². The standard InChI is InChI=1S/C7H13NO3/c1-7(2)10-4-5(11-7)6(9)8-3/h5H,4H2,1-3H3,(H,8,9). The summed E-state index contributed by atoms with van der Waals surface area (Å²) in [6, 6.07) is 0. The molecule has 1 aliphatic heterocycles. The molecule has 1 saturated heterocycles. The summed E-state index contributed by atoms with van der Waals surface area (Å²) in [7, 11) is 1.58. The molecule has 0 spiro atoms. The lowest BCUT2D eigenvalue weighted by atomic mass is 10.3. The van der Waals surface area contributed by atoms with Gasteiger partial charge in [-0.1, -0.05) is 0 Å². The van der Waals surface area contributed by atoms with Gasteiger partial charge >= 0.3 is 0 Å². The molecule has 0 aliphatic carbocycles. The van der Waals surface area contributed by atoms with E-state index >= 15 is 0 Å². The number of amides is 1. The third-order valence-electron chi connectivity index (χ3n) is 1.55. The Kier molecular flexibility index (Phi) is 2.15. The molecular weight excluding hydrogens is 146 g/mol. The van der Waals surface area contributed by atoms with Crippen LogP contribution in [0.2, 0.25) is 0 Å². The van der Waals surface area contributed by atoms with Crippen LogP contribution in [0.5, 0.6) is 0 Å². The van der Waals surface area contributed by atoms with Crippen LogP contribution in [-0.2, 0) is 14.3 Å². The highest BCUT2D eigenvalue weighted by molar-refractivity contribution is 5.80. The van der Waals surface area contributed by atoms with Gasteiger partial charge < -0.3 is 14.8 Å². The van der Waals surface area contributed by atoms with Crippen molar-refractivity contribution < 1.29 is 14.3 Å². The van der Waals surface area contributed by atoms with E-state index in [0.717, 1.165) is 0 Å². The number of rotatable bonds is 1. The summed E-state index contributed by atoms with van der Waals surface area (Å²) in [5.74, 6) is -0.743. The minimum Gasteiger partial charge on any atom is -0.357 e. The van der Waals surface area contributed by atoms with Crippen molar-refractivity contribution in [1.29, 1.82) is 0 Å². The maximum atomic E-state index is 11.0. The van der Waals surface area contributed by atoms with Crippen molar-refractivity contribution >= 4 is 5.91 Å². The molecule has 11 heavy (non-hydrogen) atoms. The van der Waals surface area contributed by atoms with E-state index < -0.39 is 11.9 Å². The second kappa shape index (κ2) is 2.79. The lowest BCUT2D eigenvalue weighted by molar-refractivity contribution is -0.153. The molecule has 1 fully saturated rings. The first kappa shape index (κ1) is 8.49. The van der Waals surface area contributed by atoms with Gasteiger partial charge in [-0.25, -0.2) is 0 Å². The number of hydrogen-bond acceptors (Lipinski definition) is 3. The fourth-order valence-corrected chi connectivity index (χ4v) is 0.977. The Hall–Kier alpha value is -0.610. The highest BCUT2D eigenvalue weighted by Gasteiger charge is 2.36. The van der Waals surface area contributed by atoms with Crippen LogP contribution in [0.1, 0.15) is 13.8 Å². The predicted octanol–water partition coefficient (Wildman–Crippen LogP) is -0.116. The average Bonchev–Trinajstić information content (AvgIpc) is 2.29. The Bertz CT molecular complexity index is 167. The van der Waals surface area contributed by atoms with E-state index in [-0.39, 0.29) is 5.91 Å². The quantitative estimate of drug-likeness (QED) is 0.580. The maximum Gasteiger partial charge on any atom is 0.251 e. The molecule has 0 bridgehead atoms. The van der Waals surface area contributed by atoms with Crippen LogP contribution in [0.3, 0.4) is 0 Å². The molecule has 0 aromatic heterocycles. The molecular formula is C7H13NO3. The average molecular weight is 159 g/mol. The molecule has 1 amide bonds. The molecule has 1 rings (SSSR count). The molecule has 0 aromatic carbocycles. The Morgan fingerprint density at radius 3 is 2.64 bits per heavy atom. The van der Waals surface area contributed by atoms with E-state index in [9.17, 15) is 4.79 Å². The highest BCUT2D eigenvalue weighted by Crippen LogP contribution is 2.21. The lowest BCUT2D eigenvalue weighted by Crippen LogP contribution is -2.34. The lowest BCUT2D eigenvalue weighted by Gasteiger charge is -2.16. The highest BCUT2D eigenvalue weighted by atomic mass is 16.7. The van der Waals surface area contributed by atoms with Crippen LogP contribution >= 0.6 is 0 Å². The Morgan fingerprint density at radius 2 is 2.27 bits per heavy atom. The Morgan fingerprint density at radius 1 is 1.64 bits per heavy atom. The van der Waals surface area contributed by atoms with Gasteiger partial charge in [0.2, 0.25) is 0 Å². The van der Waals surface area contributed by atoms with Crippen molar-refractivity contribution in [2.75, 3.05) is 13.7 Å². The van der Waals surface area contributed by atoms with Gasteiger partial charge in [-0.05, 0) is 13.8 Å². The van der Waals surface area contributed by atoms with Crippen molar-refractivity contribution in [2.45, 2.75) is 25.7 Å². The van der Waals surface area contributed by atoms with Gasteiger partial charge in [0.15, 0.2) is 11.9 Å². The van der Waals surface area contributed by atoms with Crippen molar-refractivity contribution in [3.63, 3.8) is 0 Å². The van der Waals surface area contributed by atoms with Crippen LogP contribution < -0.4 is 5.32 Å². The van der Waals surface area contributed by atoms with Crippen LogP contribution in [0.4, 0.5) is 0 Å². The summed E-state index contributed by atoms with van der Waals surface area (Å²) in [5.41, 5.74) is 0. The molecule has 64 valence electrons. The van der Waals surface area contributed by atoms with Gasteiger partial charge in [0.05, 0.1) is 6.61 Å². The molecule has 1 heterocycles. The Labute approximate surface area is 65.9 Å². The fourth-order valence-electron chi connectivity index (χ4n) is 0.977. The topological polar surface area (TPSA) is 47.6 Å². The molecule has 1 aliphatic rings. The van der Waals surface area contributed by atoms with Crippen molar-refractivity contribution in [2.24, 2.45) is 0 Å². The molecule has 0 aromatic rings. The second-order valence-electron chi connectivity index (χ2n) is 2.93. The zero-order valence-corrected chi connectivity index (χ0v) is 7.01. The Balaban J connectivity index is 2.48. The van der Waals surface area contributed by atoms with Crippen molar-refractivity contribution in [1.82, 2.24) is 5.32 Å². The molecule has 4 heteroatoms. The van der Waals surface area contributed by atoms with E-state index in [0.29, 0.717) is 6.61 Å². The van der Waals surface area contributed by atoms with Gasteiger partial charge in [-0.15, -0.1) is 0 Å². The predicted molar refractivity (Wildman–Crippen MR) is 39.0 cm³/mol. The smallest absolute Gasteiger partial charge is 0.251 e. The summed E-state index contributed by atoms with van der Waals surface area (Å²) < 4.78 is 10.5. The van der Waals surface area contributed by atoms with Crippen LogP contribution in [-0.4, -0.2) is 31.5 Å². The first-order valence-electron chi connectivity index (χ1n) is 3.58. The molecule has 1 atom stereocenters. The van der Waals surface area contributed by atoms with Crippen LogP contribution in [0, 0.1) is 0 Å². The third kappa shape index (κ3) is 1.91. The second-order valence-corrected chi connectivity index (χ2v) is 2.93. The number of carbonyl (C=O) groups is 1. The summed E-state index contributed by atoms with van der Waals surface area (Å²) in [5, 5.41) is 2.50. The van der Waals surface area contributed by atoms with Crippen LogP contribution in [0.15, 0.2) is 0 Å². The fraction of sp³-hybridized carbons (Fsp3) is 0.857. The minimum absolute atomic E-state index is 0.129. The minimum atomic E-state index is -0.614. The van der Waals surface area contributed by atoms with Crippen molar-refractivity contribution in [3.05, 3.63) is 0 Å². The van der Waals surface area contributed by atoms with E-state index in [1.54, 1.807) is 20.9 Å². The van der Waals surface area contributed by atoms with Gasteiger partial charge in [0.1, 0.15) is 0 Å². The first-order valence-corrected chi connectivity index (χ1v) is 3.58. The van der Waals surface area contributed by atoms with Gasteiger partial charge in [-0.2, -0.15) is 0 Å². The number of nitrogens with one attached hydrogen (secondary N) is 1. The first-order chi connectivity index (χ1) is 5.05. The van der Waals surface area contributed by atoms with Gasteiger partial charge in [-0.3, -0.25) is 4.79 Å². The molecule has 4 nitrogen and oxygen atoms in total. The number of hydrogen-bond donors (Lipinski definition) is 1. The summed E-state index contributed by atoms with van der Waals surface area (Å²) in [6.45, 7) is 3.92. The van der Waals surface area contributed by atoms with Crippen LogP contribution in [0.25, 0.3) is 0 Å². The van der Waals surface area contributed by atoms with E-state index in [4.69, 9.17) is 9.47 Å². The normalized spacial score (nSPS) is 28.5. The van der Waals surface area contributed by atoms with E-state index in [2.05, 4.69) is 5.32 Å².